The van der Waals surface area contributed by atoms with E-state index in [1.807, 2.05) is 42.5 Å². The van der Waals surface area contributed by atoms with Gasteiger partial charge in [0.25, 0.3) is 0 Å². The molecule has 0 fully saturated rings. The Balaban J connectivity index is 1.41. The van der Waals surface area contributed by atoms with Crippen molar-refractivity contribution in [2.75, 3.05) is 0 Å². The molecular weight excluding hydrogens is 479 g/mol. The molecule has 5 heteroatoms. The molecule has 4 aromatic rings. The number of rotatable bonds is 8. The van der Waals surface area contributed by atoms with Gasteiger partial charge in [0.1, 0.15) is 17.3 Å². The van der Waals surface area contributed by atoms with Crippen LogP contribution in [0.1, 0.15) is 25.0 Å². The molecule has 0 aliphatic carbocycles. The van der Waals surface area contributed by atoms with Gasteiger partial charge in [-0.15, -0.1) is 0 Å². The summed E-state index contributed by atoms with van der Waals surface area (Å²) in [6, 6.07) is 27.3. The normalized spacial score (nSPS) is 10.5. The Morgan fingerprint density at radius 3 is 1.45 bits per heavy atom. The number of carbonyl (C=O) groups is 2. The molecule has 4 aromatic carbocycles. The Morgan fingerprint density at radius 2 is 1.03 bits per heavy atom. The monoisotopic (exact) mass is 506 g/mol. The Hall–Kier alpha value is -4.77. The van der Waals surface area contributed by atoms with Crippen LogP contribution in [0, 0.1) is 5.82 Å². The minimum absolute atomic E-state index is 0.288. The van der Waals surface area contributed by atoms with Crippen LogP contribution in [0.5, 0.6) is 11.5 Å². The first kappa shape index (κ1) is 26.3. The average Bonchev–Trinajstić information content (AvgIpc) is 2.91. The fourth-order valence-electron chi connectivity index (χ4n) is 3.72. The number of hydrogen-bond acceptors (Lipinski definition) is 4. The van der Waals surface area contributed by atoms with Gasteiger partial charge in [0.15, 0.2) is 0 Å². The Kier molecular flexibility index (Phi) is 7.97. The lowest BCUT2D eigenvalue weighted by molar-refractivity contribution is -0.130. The zero-order chi connectivity index (χ0) is 27.2. The van der Waals surface area contributed by atoms with Crippen molar-refractivity contribution in [3.8, 4) is 33.8 Å². The van der Waals surface area contributed by atoms with Gasteiger partial charge in [0, 0.05) is 17.6 Å². The highest BCUT2D eigenvalue weighted by Gasteiger charge is 2.10. The average molecular weight is 507 g/mol. The molecule has 0 aliphatic heterocycles. The molecule has 0 bridgehead atoms. The highest BCUT2D eigenvalue weighted by molar-refractivity contribution is 5.89. The van der Waals surface area contributed by atoms with E-state index >= 15 is 0 Å². The maximum atomic E-state index is 15.0. The lowest BCUT2D eigenvalue weighted by atomic mass is 9.98. The third kappa shape index (κ3) is 6.51. The van der Waals surface area contributed by atoms with Crippen LogP contribution in [-0.4, -0.2) is 11.9 Å². The minimum Gasteiger partial charge on any atom is -0.423 e. The van der Waals surface area contributed by atoms with Gasteiger partial charge >= 0.3 is 11.9 Å². The first-order valence-electron chi connectivity index (χ1n) is 12.0. The summed E-state index contributed by atoms with van der Waals surface area (Å²) in [4.78, 5) is 23.3. The van der Waals surface area contributed by atoms with Crippen LogP contribution >= 0.6 is 0 Å². The molecule has 0 atom stereocenters. The van der Waals surface area contributed by atoms with Crippen molar-refractivity contribution in [2.45, 2.75) is 20.3 Å². The Labute approximate surface area is 221 Å². The standard InChI is InChI=1S/C33H27FO4/c1-21(2)32(35)37-29-15-11-25(12-16-29)24-7-5-23(6-8-24)19-28-10-9-27(20-31(28)34)26-13-17-30(18-14-26)38-33(36)22(3)4/h5-18,20H,1,3,19H2,2,4H3. The van der Waals surface area contributed by atoms with Crippen LogP contribution in [0.25, 0.3) is 22.3 Å². The first-order valence-corrected chi connectivity index (χ1v) is 12.0. The molecule has 0 unspecified atom stereocenters. The Morgan fingerprint density at radius 1 is 0.632 bits per heavy atom. The molecule has 190 valence electrons. The van der Waals surface area contributed by atoms with Crippen molar-refractivity contribution in [3.63, 3.8) is 0 Å². The summed E-state index contributed by atoms with van der Waals surface area (Å²) in [6.45, 7) is 10.3. The fourth-order valence-corrected chi connectivity index (χ4v) is 3.72. The summed E-state index contributed by atoms with van der Waals surface area (Å²) >= 11 is 0. The molecule has 0 radical (unpaired) electrons. The molecule has 0 aliphatic rings. The van der Waals surface area contributed by atoms with E-state index in [4.69, 9.17) is 9.47 Å². The van der Waals surface area contributed by atoms with Crippen molar-refractivity contribution in [3.05, 3.63) is 132 Å². The van der Waals surface area contributed by atoms with Crippen LogP contribution in [0.4, 0.5) is 4.39 Å². The largest absolute Gasteiger partial charge is 0.423 e. The zero-order valence-electron chi connectivity index (χ0n) is 21.3. The number of carbonyl (C=O) groups excluding carboxylic acids is 2. The molecule has 0 amide bonds. The maximum absolute atomic E-state index is 15.0. The van der Waals surface area contributed by atoms with Gasteiger partial charge in [-0.25, -0.2) is 14.0 Å². The summed E-state index contributed by atoms with van der Waals surface area (Å²) in [6.07, 6.45) is 0.456. The van der Waals surface area contributed by atoms with Gasteiger partial charge in [-0.3, -0.25) is 0 Å². The number of hydrogen-bond donors (Lipinski definition) is 0. The minimum atomic E-state index is -0.485. The van der Waals surface area contributed by atoms with E-state index in [9.17, 15) is 14.0 Å². The maximum Gasteiger partial charge on any atom is 0.338 e. The Bertz CT molecular complexity index is 1500. The molecule has 0 aromatic heterocycles. The second-order valence-electron chi connectivity index (χ2n) is 9.07. The van der Waals surface area contributed by atoms with Gasteiger partial charge in [-0.05, 0) is 77.6 Å². The number of benzene rings is 4. The molecule has 0 heterocycles. The third-order valence-corrected chi connectivity index (χ3v) is 5.89. The SMILES string of the molecule is C=C(C)C(=O)Oc1ccc(-c2ccc(Cc3ccc(-c4ccc(OC(=O)C(=C)C)cc4)cc3F)cc2)cc1. The zero-order valence-corrected chi connectivity index (χ0v) is 21.3. The van der Waals surface area contributed by atoms with E-state index in [1.54, 1.807) is 56.3 Å². The van der Waals surface area contributed by atoms with Crippen LogP contribution in [0.3, 0.4) is 0 Å². The lowest BCUT2D eigenvalue weighted by Gasteiger charge is -2.09. The molecule has 4 nitrogen and oxygen atoms in total. The number of esters is 2. The van der Waals surface area contributed by atoms with Crippen molar-refractivity contribution in [1.82, 2.24) is 0 Å². The van der Waals surface area contributed by atoms with Crippen molar-refractivity contribution in [2.24, 2.45) is 0 Å². The summed E-state index contributed by atoms with van der Waals surface area (Å²) in [5, 5.41) is 0. The van der Waals surface area contributed by atoms with E-state index in [0.717, 1.165) is 27.8 Å². The predicted octanol–water partition coefficient (Wildman–Crippen LogP) is 7.71. The highest BCUT2D eigenvalue weighted by Crippen LogP contribution is 2.27. The molecule has 0 saturated carbocycles. The van der Waals surface area contributed by atoms with Crippen LogP contribution < -0.4 is 9.47 Å². The molecule has 0 saturated heterocycles. The smallest absolute Gasteiger partial charge is 0.338 e. The summed E-state index contributed by atoms with van der Waals surface area (Å²) < 4.78 is 25.4. The van der Waals surface area contributed by atoms with E-state index in [0.29, 0.717) is 34.6 Å². The number of halogens is 1. The van der Waals surface area contributed by atoms with Crippen LogP contribution in [0.15, 0.2) is 115 Å². The molecular formula is C33H27FO4. The van der Waals surface area contributed by atoms with E-state index in [1.165, 1.54) is 6.07 Å². The second kappa shape index (κ2) is 11.5. The second-order valence-corrected chi connectivity index (χ2v) is 9.07. The van der Waals surface area contributed by atoms with Crippen LogP contribution in [-0.2, 0) is 16.0 Å². The van der Waals surface area contributed by atoms with Crippen LogP contribution in [0.2, 0.25) is 0 Å². The van der Waals surface area contributed by atoms with E-state index in [2.05, 4.69) is 13.2 Å². The molecule has 4 rings (SSSR count). The summed E-state index contributed by atoms with van der Waals surface area (Å²) in [7, 11) is 0. The predicted molar refractivity (Wildman–Crippen MR) is 147 cm³/mol. The fraction of sp³-hybridized carbons (Fsp3) is 0.0909. The molecule has 0 N–H and O–H groups in total. The van der Waals surface area contributed by atoms with Crippen molar-refractivity contribution >= 4 is 11.9 Å². The van der Waals surface area contributed by atoms with Gasteiger partial charge in [0.2, 0.25) is 0 Å². The summed E-state index contributed by atoms with van der Waals surface area (Å²) in [5.74, 6) is -0.365. The van der Waals surface area contributed by atoms with Gasteiger partial charge in [-0.1, -0.05) is 73.8 Å². The molecule has 0 spiro atoms. The number of ether oxygens (including phenoxy) is 2. The third-order valence-electron chi connectivity index (χ3n) is 5.89. The lowest BCUT2D eigenvalue weighted by Crippen LogP contribution is -2.07. The molecule has 38 heavy (non-hydrogen) atoms. The van der Waals surface area contributed by atoms with E-state index in [-0.39, 0.29) is 5.82 Å². The van der Waals surface area contributed by atoms with Gasteiger partial charge in [-0.2, -0.15) is 0 Å². The van der Waals surface area contributed by atoms with Gasteiger partial charge in [0.05, 0.1) is 0 Å². The van der Waals surface area contributed by atoms with E-state index < -0.39 is 11.9 Å². The topological polar surface area (TPSA) is 52.6 Å². The van der Waals surface area contributed by atoms with Gasteiger partial charge < -0.3 is 9.47 Å². The van der Waals surface area contributed by atoms with Crippen molar-refractivity contribution < 1.29 is 23.5 Å². The quantitative estimate of drug-likeness (QED) is 0.140. The first-order chi connectivity index (χ1) is 18.2. The highest BCUT2D eigenvalue weighted by atomic mass is 19.1. The summed E-state index contributed by atoms with van der Waals surface area (Å²) in [5.41, 5.74) is 5.76. The van der Waals surface area contributed by atoms with Crippen molar-refractivity contribution in [1.29, 1.82) is 0 Å².